The lowest BCUT2D eigenvalue weighted by atomic mass is 9.85. The van der Waals surface area contributed by atoms with Crippen LogP contribution in [0.5, 0.6) is 0 Å². The van der Waals surface area contributed by atoms with E-state index in [4.69, 9.17) is 4.74 Å². The van der Waals surface area contributed by atoms with E-state index in [1.807, 2.05) is 0 Å². The third-order valence-electron chi connectivity index (χ3n) is 4.15. The van der Waals surface area contributed by atoms with Crippen LogP contribution in [0, 0.1) is 11.8 Å². The lowest BCUT2D eigenvalue weighted by molar-refractivity contribution is -0.183. The molecule has 3 atom stereocenters. The largest absolute Gasteiger partial charge is 0.391 e. The Labute approximate surface area is 106 Å². The van der Waals surface area contributed by atoms with E-state index in [1.54, 1.807) is 0 Å². The highest BCUT2D eigenvalue weighted by atomic mass is 19.4. The Morgan fingerprint density at radius 3 is 2.67 bits per heavy atom. The first kappa shape index (κ1) is 14.1. The molecule has 0 radical (unpaired) electrons. The number of alkyl halides is 3. The monoisotopic (exact) mass is 265 g/mol. The molecule has 1 saturated heterocycles. The van der Waals surface area contributed by atoms with E-state index < -0.39 is 12.1 Å². The van der Waals surface area contributed by atoms with Crippen LogP contribution in [0.15, 0.2) is 0 Å². The third kappa shape index (κ3) is 4.12. The van der Waals surface area contributed by atoms with Crippen molar-refractivity contribution in [2.75, 3.05) is 19.8 Å². The van der Waals surface area contributed by atoms with E-state index in [9.17, 15) is 13.2 Å². The summed E-state index contributed by atoms with van der Waals surface area (Å²) in [5.74, 6) is -0.502. The van der Waals surface area contributed by atoms with Crippen molar-refractivity contribution in [3.8, 4) is 0 Å². The van der Waals surface area contributed by atoms with Crippen LogP contribution in [0.3, 0.4) is 0 Å². The molecule has 0 aromatic heterocycles. The SMILES string of the molecule is FC(F)(F)C1CCCC(NCCC2CCOC2)C1. The van der Waals surface area contributed by atoms with Gasteiger partial charge < -0.3 is 10.1 Å². The normalized spacial score (nSPS) is 33.8. The molecule has 0 spiro atoms. The fourth-order valence-electron chi connectivity index (χ4n) is 2.98. The van der Waals surface area contributed by atoms with E-state index in [1.165, 1.54) is 0 Å². The number of hydrogen-bond donors (Lipinski definition) is 1. The fourth-order valence-corrected chi connectivity index (χ4v) is 2.98. The second-order valence-electron chi connectivity index (χ2n) is 5.57. The molecular weight excluding hydrogens is 243 g/mol. The molecule has 1 aliphatic heterocycles. The van der Waals surface area contributed by atoms with Gasteiger partial charge in [-0.25, -0.2) is 0 Å². The van der Waals surface area contributed by atoms with Crippen LogP contribution in [-0.4, -0.2) is 32.0 Å². The molecule has 5 heteroatoms. The minimum atomic E-state index is -4.01. The van der Waals surface area contributed by atoms with Gasteiger partial charge in [-0.2, -0.15) is 13.2 Å². The Kier molecular flexibility index (Phi) is 4.90. The van der Waals surface area contributed by atoms with Gasteiger partial charge in [0.1, 0.15) is 0 Å². The maximum atomic E-state index is 12.6. The van der Waals surface area contributed by atoms with Crippen molar-refractivity contribution in [2.45, 2.75) is 50.7 Å². The molecule has 0 bridgehead atoms. The highest BCUT2D eigenvalue weighted by Gasteiger charge is 2.41. The van der Waals surface area contributed by atoms with Crippen LogP contribution in [0.4, 0.5) is 13.2 Å². The third-order valence-corrected chi connectivity index (χ3v) is 4.15. The van der Waals surface area contributed by atoms with Crippen molar-refractivity contribution in [3.63, 3.8) is 0 Å². The van der Waals surface area contributed by atoms with E-state index in [2.05, 4.69) is 5.32 Å². The molecular formula is C13H22F3NO. The van der Waals surface area contributed by atoms with E-state index in [0.29, 0.717) is 18.8 Å². The number of nitrogens with one attached hydrogen (secondary N) is 1. The number of hydrogen-bond acceptors (Lipinski definition) is 2. The van der Waals surface area contributed by atoms with Crippen molar-refractivity contribution in [1.82, 2.24) is 5.32 Å². The fraction of sp³-hybridized carbons (Fsp3) is 1.00. The molecule has 0 amide bonds. The second kappa shape index (κ2) is 6.24. The topological polar surface area (TPSA) is 21.3 Å². The molecule has 1 N–H and O–H groups in total. The average molecular weight is 265 g/mol. The quantitative estimate of drug-likeness (QED) is 0.843. The maximum Gasteiger partial charge on any atom is 0.391 e. The Hall–Kier alpha value is -0.290. The van der Waals surface area contributed by atoms with Gasteiger partial charge in [0.05, 0.1) is 5.92 Å². The summed E-state index contributed by atoms with van der Waals surface area (Å²) in [7, 11) is 0. The summed E-state index contributed by atoms with van der Waals surface area (Å²) in [5.41, 5.74) is 0. The average Bonchev–Trinajstić information content (AvgIpc) is 2.81. The lowest BCUT2D eigenvalue weighted by Crippen LogP contribution is -2.39. The summed E-state index contributed by atoms with van der Waals surface area (Å²) < 4.78 is 43.2. The van der Waals surface area contributed by atoms with Crippen LogP contribution in [0.25, 0.3) is 0 Å². The first-order chi connectivity index (χ1) is 8.55. The zero-order valence-electron chi connectivity index (χ0n) is 10.6. The standard InChI is InChI=1S/C13H22F3NO/c14-13(15,16)11-2-1-3-12(8-11)17-6-4-10-5-7-18-9-10/h10-12,17H,1-9H2. The van der Waals surface area contributed by atoms with Crippen LogP contribution < -0.4 is 5.32 Å². The zero-order valence-corrected chi connectivity index (χ0v) is 10.6. The smallest absolute Gasteiger partial charge is 0.381 e. The van der Waals surface area contributed by atoms with Crippen molar-refractivity contribution in [2.24, 2.45) is 11.8 Å². The van der Waals surface area contributed by atoms with Crippen molar-refractivity contribution < 1.29 is 17.9 Å². The van der Waals surface area contributed by atoms with Gasteiger partial charge in [-0.1, -0.05) is 6.42 Å². The molecule has 2 nitrogen and oxygen atoms in total. The summed E-state index contributed by atoms with van der Waals surface area (Å²) >= 11 is 0. The van der Waals surface area contributed by atoms with Crippen molar-refractivity contribution in [1.29, 1.82) is 0 Å². The first-order valence-electron chi connectivity index (χ1n) is 6.93. The first-order valence-corrected chi connectivity index (χ1v) is 6.93. The van der Waals surface area contributed by atoms with Crippen LogP contribution >= 0.6 is 0 Å². The molecule has 0 aromatic carbocycles. The molecule has 1 aliphatic carbocycles. The van der Waals surface area contributed by atoms with Gasteiger partial charge in [0.15, 0.2) is 0 Å². The molecule has 1 heterocycles. The predicted octanol–water partition coefficient (Wildman–Crippen LogP) is 3.12. The Balaban J connectivity index is 1.66. The molecule has 0 aromatic rings. The Morgan fingerprint density at radius 2 is 2.00 bits per heavy atom. The van der Waals surface area contributed by atoms with Crippen LogP contribution in [0.1, 0.15) is 38.5 Å². The second-order valence-corrected chi connectivity index (χ2v) is 5.57. The summed E-state index contributed by atoms with van der Waals surface area (Å²) in [6.45, 7) is 2.48. The van der Waals surface area contributed by atoms with Crippen molar-refractivity contribution in [3.05, 3.63) is 0 Å². The van der Waals surface area contributed by atoms with E-state index in [-0.39, 0.29) is 12.5 Å². The highest BCUT2D eigenvalue weighted by Crippen LogP contribution is 2.37. The number of halogens is 3. The van der Waals surface area contributed by atoms with Gasteiger partial charge in [-0.3, -0.25) is 0 Å². The van der Waals surface area contributed by atoms with Gasteiger partial charge in [-0.05, 0) is 44.6 Å². The molecule has 2 aliphatic rings. The minimum absolute atomic E-state index is 0.0488. The maximum absolute atomic E-state index is 12.6. The lowest BCUT2D eigenvalue weighted by Gasteiger charge is -2.31. The minimum Gasteiger partial charge on any atom is -0.381 e. The van der Waals surface area contributed by atoms with Gasteiger partial charge in [0, 0.05) is 19.3 Å². The van der Waals surface area contributed by atoms with Crippen LogP contribution in [-0.2, 0) is 4.74 Å². The molecule has 3 unspecified atom stereocenters. The van der Waals surface area contributed by atoms with E-state index >= 15 is 0 Å². The van der Waals surface area contributed by atoms with E-state index in [0.717, 1.165) is 39.0 Å². The van der Waals surface area contributed by atoms with Gasteiger partial charge in [0.2, 0.25) is 0 Å². The molecule has 2 fully saturated rings. The predicted molar refractivity (Wildman–Crippen MR) is 63.3 cm³/mol. The Morgan fingerprint density at radius 1 is 1.17 bits per heavy atom. The highest BCUT2D eigenvalue weighted by molar-refractivity contribution is 4.82. The molecule has 2 rings (SSSR count). The van der Waals surface area contributed by atoms with Gasteiger partial charge >= 0.3 is 6.18 Å². The number of rotatable bonds is 4. The number of ether oxygens (including phenoxy) is 1. The summed E-state index contributed by atoms with van der Waals surface area (Å²) in [5, 5.41) is 3.30. The zero-order chi connectivity index (χ0) is 13.0. The summed E-state index contributed by atoms with van der Waals surface area (Å²) in [4.78, 5) is 0. The molecule has 106 valence electrons. The van der Waals surface area contributed by atoms with Crippen LogP contribution in [0.2, 0.25) is 0 Å². The van der Waals surface area contributed by atoms with Gasteiger partial charge in [0.25, 0.3) is 0 Å². The molecule has 18 heavy (non-hydrogen) atoms. The molecule has 1 saturated carbocycles. The summed E-state index contributed by atoms with van der Waals surface area (Å²) in [6, 6.07) is 0.0488. The van der Waals surface area contributed by atoms with Gasteiger partial charge in [-0.15, -0.1) is 0 Å². The van der Waals surface area contributed by atoms with Crippen molar-refractivity contribution >= 4 is 0 Å². The summed E-state index contributed by atoms with van der Waals surface area (Å²) in [6.07, 6.45) is 0.231. The Bertz CT molecular complexity index is 251.